The van der Waals surface area contributed by atoms with Gasteiger partial charge in [-0.2, -0.15) is 0 Å². The SMILES string of the molecule is C#CCNC(=O)c1ccccc1NC(=O)CCNC(=O)c1ccc(F)cc1F. The summed E-state index contributed by atoms with van der Waals surface area (Å²) in [4.78, 5) is 36.0. The molecule has 144 valence electrons. The molecule has 0 aliphatic heterocycles. The van der Waals surface area contributed by atoms with Crippen molar-refractivity contribution in [1.29, 1.82) is 0 Å². The number of benzene rings is 2. The number of anilines is 1. The lowest BCUT2D eigenvalue weighted by Crippen LogP contribution is -2.29. The minimum Gasteiger partial charge on any atom is -0.351 e. The van der Waals surface area contributed by atoms with Crippen molar-refractivity contribution in [3.8, 4) is 12.3 Å². The molecule has 3 N–H and O–H groups in total. The zero-order valence-electron chi connectivity index (χ0n) is 14.7. The van der Waals surface area contributed by atoms with Crippen LogP contribution in [0.15, 0.2) is 42.5 Å². The topological polar surface area (TPSA) is 87.3 Å². The lowest BCUT2D eigenvalue weighted by atomic mass is 10.1. The zero-order chi connectivity index (χ0) is 20.5. The van der Waals surface area contributed by atoms with Crippen molar-refractivity contribution in [3.05, 3.63) is 65.2 Å². The third-order valence-electron chi connectivity index (χ3n) is 3.61. The van der Waals surface area contributed by atoms with Crippen LogP contribution in [0, 0.1) is 24.0 Å². The average molecular weight is 385 g/mol. The Balaban J connectivity index is 1.90. The summed E-state index contributed by atoms with van der Waals surface area (Å²) < 4.78 is 26.4. The van der Waals surface area contributed by atoms with E-state index in [1.165, 1.54) is 6.07 Å². The Hall–Kier alpha value is -3.73. The molecule has 8 heteroatoms. The molecule has 0 aliphatic carbocycles. The second-order valence-electron chi connectivity index (χ2n) is 5.61. The van der Waals surface area contributed by atoms with Crippen molar-refractivity contribution in [2.24, 2.45) is 0 Å². The van der Waals surface area contributed by atoms with Crippen molar-refractivity contribution in [3.63, 3.8) is 0 Å². The maximum Gasteiger partial charge on any atom is 0.254 e. The van der Waals surface area contributed by atoms with Crippen molar-refractivity contribution in [2.75, 3.05) is 18.4 Å². The van der Waals surface area contributed by atoms with Gasteiger partial charge < -0.3 is 16.0 Å². The number of para-hydroxylation sites is 1. The third kappa shape index (κ3) is 5.64. The summed E-state index contributed by atoms with van der Waals surface area (Å²) in [5.74, 6) is -1.17. The molecule has 28 heavy (non-hydrogen) atoms. The Bertz CT molecular complexity index is 939. The van der Waals surface area contributed by atoms with Crippen LogP contribution in [0.3, 0.4) is 0 Å². The van der Waals surface area contributed by atoms with Gasteiger partial charge in [-0.25, -0.2) is 8.78 Å². The van der Waals surface area contributed by atoms with E-state index < -0.39 is 29.4 Å². The first-order valence-electron chi connectivity index (χ1n) is 8.26. The van der Waals surface area contributed by atoms with E-state index >= 15 is 0 Å². The highest BCUT2D eigenvalue weighted by molar-refractivity contribution is 6.04. The predicted octanol–water partition coefficient (Wildman–Crippen LogP) is 2.09. The highest BCUT2D eigenvalue weighted by Crippen LogP contribution is 2.15. The van der Waals surface area contributed by atoms with Gasteiger partial charge >= 0.3 is 0 Å². The Morgan fingerprint density at radius 1 is 0.964 bits per heavy atom. The van der Waals surface area contributed by atoms with Crippen LogP contribution < -0.4 is 16.0 Å². The van der Waals surface area contributed by atoms with Crippen LogP contribution in [0.25, 0.3) is 0 Å². The van der Waals surface area contributed by atoms with Crippen LogP contribution in [-0.4, -0.2) is 30.8 Å². The minimum atomic E-state index is -0.992. The third-order valence-corrected chi connectivity index (χ3v) is 3.61. The number of carbonyl (C=O) groups excluding carboxylic acids is 3. The van der Waals surface area contributed by atoms with Gasteiger partial charge in [-0.1, -0.05) is 18.1 Å². The summed E-state index contributed by atoms with van der Waals surface area (Å²) in [6.07, 6.45) is 4.98. The minimum absolute atomic E-state index is 0.0487. The second kappa shape index (κ2) is 9.83. The molecule has 2 aromatic carbocycles. The van der Waals surface area contributed by atoms with E-state index in [1.54, 1.807) is 18.2 Å². The van der Waals surface area contributed by atoms with E-state index in [-0.39, 0.29) is 36.3 Å². The fourth-order valence-corrected chi connectivity index (χ4v) is 2.29. The summed E-state index contributed by atoms with van der Waals surface area (Å²) in [6, 6.07) is 8.95. The van der Waals surface area contributed by atoms with Crippen LogP contribution in [-0.2, 0) is 4.79 Å². The summed E-state index contributed by atoms with van der Waals surface area (Å²) in [6.45, 7) is -0.0277. The lowest BCUT2D eigenvalue weighted by Gasteiger charge is -2.11. The number of rotatable bonds is 7. The number of amides is 3. The molecule has 0 unspecified atom stereocenters. The molecule has 0 aliphatic rings. The Kier molecular flexibility index (Phi) is 7.22. The number of halogens is 2. The van der Waals surface area contributed by atoms with Crippen molar-refractivity contribution >= 4 is 23.4 Å². The molecule has 0 aromatic heterocycles. The molecule has 2 aromatic rings. The lowest BCUT2D eigenvalue weighted by molar-refractivity contribution is -0.116. The van der Waals surface area contributed by atoms with Crippen molar-refractivity contribution in [2.45, 2.75) is 6.42 Å². The van der Waals surface area contributed by atoms with Crippen LogP contribution in [0.2, 0.25) is 0 Å². The average Bonchev–Trinajstić information content (AvgIpc) is 2.66. The van der Waals surface area contributed by atoms with Gasteiger partial charge in [-0.3, -0.25) is 14.4 Å². The molecular formula is C20H17F2N3O3. The van der Waals surface area contributed by atoms with Gasteiger partial charge in [0.1, 0.15) is 11.6 Å². The van der Waals surface area contributed by atoms with E-state index in [4.69, 9.17) is 6.42 Å². The van der Waals surface area contributed by atoms with Gasteiger partial charge in [0.25, 0.3) is 11.8 Å². The summed E-state index contributed by atoms with van der Waals surface area (Å²) in [5.41, 5.74) is 0.207. The summed E-state index contributed by atoms with van der Waals surface area (Å²) in [5, 5.41) is 7.45. The number of hydrogen-bond donors (Lipinski definition) is 3. The van der Waals surface area contributed by atoms with E-state index in [0.717, 1.165) is 12.1 Å². The molecule has 0 spiro atoms. The van der Waals surface area contributed by atoms with Crippen LogP contribution in [0.1, 0.15) is 27.1 Å². The van der Waals surface area contributed by atoms with Crippen LogP contribution >= 0.6 is 0 Å². The Morgan fingerprint density at radius 3 is 2.39 bits per heavy atom. The van der Waals surface area contributed by atoms with Gasteiger partial charge in [0.15, 0.2) is 0 Å². The first kappa shape index (κ1) is 20.6. The molecule has 0 fully saturated rings. The Labute approximate surface area is 160 Å². The molecule has 2 rings (SSSR count). The maximum atomic E-state index is 13.6. The van der Waals surface area contributed by atoms with Crippen LogP contribution in [0.4, 0.5) is 14.5 Å². The molecule has 0 bridgehead atoms. The monoisotopic (exact) mass is 385 g/mol. The van der Waals surface area contributed by atoms with Crippen molar-refractivity contribution < 1.29 is 23.2 Å². The predicted molar refractivity (Wildman–Crippen MR) is 99.5 cm³/mol. The molecular weight excluding hydrogens is 368 g/mol. The largest absolute Gasteiger partial charge is 0.351 e. The van der Waals surface area contributed by atoms with Gasteiger partial charge in [0, 0.05) is 19.0 Å². The molecule has 0 radical (unpaired) electrons. The maximum absolute atomic E-state index is 13.6. The quantitative estimate of drug-likeness (QED) is 0.638. The first-order chi connectivity index (χ1) is 13.4. The van der Waals surface area contributed by atoms with E-state index in [0.29, 0.717) is 6.07 Å². The molecule has 0 saturated carbocycles. The van der Waals surface area contributed by atoms with Gasteiger partial charge in [-0.15, -0.1) is 6.42 Å². The fourth-order valence-electron chi connectivity index (χ4n) is 2.29. The highest BCUT2D eigenvalue weighted by Gasteiger charge is 2.14. The summed E-state index contributed by atoms with van der Waals surface area (Å²) in [7, 11) is 0. The molecule has 3 amide bonds. The molecule has 0 atom stereocenters. The number of terminal acetylenes is 1. The van der Waals surface area contributed by atoms with Gasteiger partial charge in [-0.05, 0) is 24.3 Å². The second-order valence-corrected chi connectivity index (χ2v) is 5.61. The molecule has 0 heterocycles. The van der Waals surface area contributed by atoms with Gasteiger partial charge in [0.05, 0.1) is 23.4 Å². The van der Waals surface area contributed by atoms with Gasteiger partial charge in [0.2, 0.25) is 5.91 Å². The fraction of sp³-hybridized carbons (Fsp3) is 0.150. The van der Waals surface area contributed by atoms with E-state index in [1.807, 2.05) is 0 Å². The molecule has 6 nitrogen and oxygen atoms in total. The standard InChI is InChI=1S/C20H17F2N3O3/c1-2-10-23-20(28)15-5-3-4-6-17(15)25-18(26)9-11-24-19(27)14-8-7-13(21)12-16(14)22/h1,3-8,12H,9-11H2,(H,23,28)(H,24,27)(H,25,26). The number of hydrogen-bond acceptors (Lipinski definition) is 3. The smallest absolute Gasteiger partial charge is 0.254 e. The molecule has 0 saturated heterocycles. The van der Waals surface area contributed by atoms with E-state index in [9.17, 15) is 23.2 Å². The van der Waals surface area contributed by atoms with E-state index in [2.05, 4.69) is 21.9 Å². The number of carbonyl (C=O) groups is 3. The van der Waals surface area contributed by atoms with Crippen LogP contribution in [0.5, 0.6) is 0 Å². The number of nitrogens with one attached hydrogen (secondary N) is 3. The first-order valence-corrected chi connectivity index (χ1v) is 8.26. The highest BCUT2D eigenvalue weighted by atomic mass is 19.1. The van der Waals surface area contributed by atoms with Crippen molar-refractivity contribution in [1.82, 2.24) is 10.6 Å². The normalized spacial score (nSPS) is 9.89. The Morgan fingerprint density at radius 2 is 1.68 bits per heavy atom. The summed E-state index contributed by atoms with van der Waals surface area (Å²) >= 11 is 0. The zero-order valence-corrected chi connectivity index (χ0v) is 14.7.